The first-order valence-corrected chi connectivity index (χ1v) is 5.34. The summed E-state index contributed by atoms with van der Waals surface area (Å²) in [6.45, 7) is 4.98. The Morgan fingerprint density at radius 1 is 1.38 bits per heavy atom. The summed E-state index contributed by atoms with van der Waals surface area (Å²) in [6.07, 6.45) is 0.914. The second kappa shape index (κ2) is 4.90. The van der Waals surface area contributed by atoms with Crippen molar-refractivity contribution >= 4 is 17.8 Å². The van der Waals surface area contributed by atoms with Crippen molar-refractivity contribution in [3.63, 3.8) is 0 Å². The Balaban J connectivity index is 2.35. The van der Waals surface area contributed by atoms with Crippen LogP contribution in [-0.4, -0.2) is 27.9 Å². The third kappa shape index (κ3) is 1.97. The highest BCUT2D eigenvalue weighted by atomic mass is 16.3. The summed E-state index contributed by atoms with van der Waals surface area (Å²) in [6, 6.07) is 7.90. The molecule has 2 rings (SSSR count). The smallest absolute Gasteiger partial charge is 0.135 e. The van der Waals surface area contributed by atoms with E-state index in [1.807, 2.05) is 28.8 Å². The highest BCUT2D eigenvalue weighted by Gasteiger charge is 2.08. The maximum atomic E-state index is 9.26. The molecule has 0 spiro atoms. The lowest BCUT2D eigenvalue weighted by atomic mass is 10.3. The van der Waals surface area contributed by atoms with Crippen LogP contribution >= 0.6 is 0 Å². The number of hydrogen-bond acceptors (Lipinski definition) is 3. The van der Waals surface area contributed by atoms with Crippen molar-refractivity contribution in [2.75, 3.05) is 6.54 Å². The van der Waals surface area contributed by atoms with Gasteiger partial charge in [-0.15, -0.1) is 0 Å². The zero-order chi connectivity index (χ0) is 11.4. The van der Waals surface area contributed by atoms with E-state index in [9.17, 15) is 5.11 Å². The summed E-state index contributed by atoms with van der Waals surface area (Å²) in [4.78, 5) is 8.20. The van der Waals surface area contributed by atoms with Gasteiger partial charge < -0.3 is 14.7 Å². The number of imidazole rings is 1. The highest BCUT2D eigenvalue weighted by Crippen LogP contribution is 2.16. The Hall–Kier alpha value is -1.68. The minimum atomic E-state index is -0.0315. The Bertz CT molecular complexity index is 490. The molecule has 1 aromatic heterocycles. The van der Waals surface area contributed by atoms with E-state index in [4.69, 9.17) is 0 Å². The second-order valence-electron chi connectivity index (χ2n) is 3.63. The predicted octanol–water partition coefficient (Wildman–Crippen LogP) is 1.62. The third-order valence-corrected chi connectivity index (χ3v) is 2.57. The van der Waals surface area contributed by atoms with Crippen molar-refractivity contribution in [2.24, 2.45) is 4.99 Å². The van der Waals surface area contributed by atoms with Crippen LogP contribution < -0.4 is 0 Å². The molecular weight excluding hydrogens is 202 g/mol. The number of aliphatic hydroxyl groups is 1. The fraction of sp³-hybridized carbons (Fsp3) is 0.333. The lowest BCUT2D eigenvalue weighted by Crippen LogP contribution is -2.04. The van der Waals surface area contributed by atoms with E-state index in [2.05, 4.69) is 16.7 Å². The highest BCUT2D eigenvalue weighted by molar-refractivity contribution is 5.75. The van der Waals surface area contributed by atoms with E-state index in [0.717, 1.165) is 30.5 Å². The van der Waals surface area contributed by atoms with Crippen LogP contribution in [0, 0.1) is 0 Å². The normalized spacial score (nSPS) is 10.8. The molecule has 0 amide bonds. The Morgan fingerprint density at radius 2 is 2.19 bits per heavy atom. The zero-order valence-electron chi connectivity index (χ0n) is 9.13. The van der Waals surface area contributed by atoms with E-state index >= 15 is 0 Å². The Kier molecular flexibility index (Phi) is 3.31. The maximum absolute atomic E-state index is 9.26. The quantitative estimate of drug-likeness (QED) is 0.611. The van der Waals surface area contributed by atoms with Crippen molar-refractivity contribution in [1.29, 1.82) is 0 Å². The molecule has 0 fully saturated rings. The van der Waals surface area contributed by atoms with Crippen LogP contribution in [0.1, 0.15) is 12.2 Å². The van der Waals surface area contributed by atoms with Gasteiger partial charge in [-0.1, -0.05) is 12.1 Å². The average molecular weight is 217 g/mol. The number of rotatable bonds is 5. The summed E-state index contributed by atoms with van der Waals surface area (Å²) in [5.74, 6) is 0.713. The number of hydrogen-bond donors (Lipinski definition) is 1. The molecule has 84 valence electrons. The van der Waals surface area contributed by atoms with Crippen LogP contribution in [0.4, 0.5) is 0 Å². The van der Waals surface area contributed by atoms with Crippen molar-refractivity contribution in [3.05, 3.63) is 30.1 Å². The van der Waals surface area contributed by atoms with E-state index in [0.29, 0.717) is 5.82 Å². The van der Waals surface area contributed by atoms with Gasteiger partial charge in [0.15, 0.2) is 0 Å². The van der Waals surface area contributed by atoms with E-state index in [1.165, 1.54) is 0 Å². The molecule has 0 unspecified atom stereocenters. The van der Waals surface area contributed by atoms with Gasteiger partial charge in [0.2, 0.25) is 0 Å². The molecular formula is C12H15N3O. The van der Waals surface area contributed by atoms with Crippen LogP contribution in [-0.2, 0) is 13.2 Å². The number of aromatic nitrogens is 2. The minimum absolute atomic E-state index is 0.0315. The molecule has 2 aromatic rings. The van der Waals surface area contributed by atoms with Crippen molar-refractivity contribution < 1.29 is 5.11 Å². The number of aryl methyl sites for hydroxylation is 1. The first-order valence-electron chi connectivity index (χ1n) is 5.34. The van der Waals surface area contributed by atoms with E-state index < -0.39 is 0 Å². The lowest BCUT2D eigenvalue weighted by Gasteiger charge is -2.06. The molecule has 0 saturated heterocycles. The number of aliphatic imine (C=N–C) groups is 1. The van der Waals surface area contributed by atoms with Crippen molar-refractivity contribution in [3.8, 4) is 0 Å². The average Bonchev–Trinajstić information content (AvgIpc) is 2.68. The summed E-state index contributed by atoms with van der Waals surface area (Å²) in [5, 5.41) is 9.26. The van der Waals surface area contributed by atoms with Gasteiger partial charge in [-0.05, 0) is 25.3 Å². The third-order valence-electron chi connectivity index (χ3n) is 2.57. The number of benzene rings is 1. The van der Waals surface area contributed by atoms with E-state index in [1.54, 1.807) is 0 Å². The summed E-state index contributed by atoms with van der Waals surface area (Å²) < 4.78 is 2.04. The van der Waals surface area contributed by atoms with Gasteiger partial charge in [0.05, 0.1) is 11.0 Å². The molecule has 0 radical (unpaired) electrons. The van der Waals surface area contributed by atoms with Crippen molar-refractivity contribution in [2.45, 2.75) is 19.6 Å². The zero-order valence-corrected chi connectivity index (χ0v) is 9.13. The monoisotopic (exact) mass is 217 g/mol. The van der Waals surface area contributed by atoms with Gasteiger partial charge in [-0.25, -0.2) is 4.98 Å². The number of aliphatic hydroxyl groups excluding tert-OH is 1. The maximum Gasteiger partial charge on any atom is 0.135 e. The Morgan fingerprint density at radius 3 is 2.94 bits per heavy atom. The largest absolute Gasteiger partial charge is 0.388 e. The molecule has 1 heterocycles. The first kappa shape index (κ1) is 10.8. The van der Waals surface area contributed by atoms with Gasteiger partial charge in [0.25, 0.3) is 0 Å². The van der Waals surface area contributed by atoms with Crippen LogP contribution in [0.25, 0.3) is 11.0 Å². The molecule has 0 aliphatic heterocycles. The standard InChI is InChI=1S/C12H15N3O/c1-13-7-4-8-15-11-6-3-2-5-10(11)14-12(15)9-16/h2-3,5-6,16H,1,4,7-9H2. The number of nitrogens with zero attached hydrogens (tertiary/aromatic N) is 3. The minimum Gasteiger partial charge on any atom is -0.388 e. The number of para-hydroxylation sites is 2. The topological polar surface area (TPSA) is 50.4 Å². The van der Waals surface area contributed by atoms with E-state index in [-0.39, 0.29) is 6.61 Å². The van der Waals surface area contributed by atoms with Crippen LogP contribution in [0.3, 0.4) is 0 Å². The number of fused-ring (bicyclic) bond motifs is 1. The van der Waals surface area contributed by atoms with Gasteiger partial charge in [-0.2, -0.15) is 0 Å². The SMILES string of the molecule is C=NCCCn1c(CO)nc2ccccc21. The first-order chi connectivity index (χ1) is 7.86. The fourth-order valence-corrected chi connectivity index (χ4v) is 1.84. The van der Waals surface area contributed by atoms with Gasteiger partial charge in [0, 0.05) is 13.1 Å². The molecule has 1 N–H and O–H groups in total. The molecule has 0 saturated carbocycles. The summed E-state index contributed by atoms with van der Waals surface area (Å²) >= 11 is 0. The molecule has 0 bridgehead atoms. The molecule has 0 aliphatic carbocycles. The molecule has 4 heteroatoms. The van der Waals surface area contributed by atoms with Crippen LogP contribution in [0.15, 0.2) is 29.3 Å². The summed E-state index contributed by atoms with van der Waals surface area (Å²) in [7, 11) is 0. The molecule has 0 aliphatic rings. The molecule has 16 heavy (non-hydrogen) atoms. The fourth-order valence-electron chi connectivity index (χ4n) is 1.84. The lowest BCUT2D eigenvalue weighted by molar-refractivity contribution is 0.265. The Labute approximate surface area is 94.3 Å². The van der Waals surface area contributed by atoms with Gasteiger partial charge >= 0.3 is 0 Å². The second-order valence-corrected chi connectivity index (χ2v) is 3.63. The molecule has 1 aromatic carbocycles. The van der Waals surface area contributed by atoms with Gasteiger partial charge in [-0.3, -0.25) is 0 Å². The van der Waals surface area contributed by atoms with Crippen LogP contribution in [0.2, 0.25) is 0 Å². The molecule has 4 nitrogen and oxygen atoms in total. The van der Waals surface area contributed by atoms with Crippen molar-refractivity contribution in [1.82, 2.24) is 9.55 Å². The van der Waals surface area contributed by atoms with Crippen LogP contribution in [0.5, 0.6) is 0 Å². The summed E-state index contributed by atoms with van der Waals surface area (Å²) in [5.41, 5.74) is 1.99. The van der Waals surface area contributed by atoms with Gasteiger partial charge in [0.1, 0.15) is 12.4 Å². The molecule has 0 atom stereocenters. The predicted molar refractivity (Wildman–Crippen MR) is 64.7 cm³/mol.